The quantitative estimate of drug-likeness (QED) is 0.423. The smallest absolute Gasteiger partial charge is 0.282 e. The lowest BCUT2D eigenvalue weighted by atomic mass is 10.4. The maximum absolute atomic E-state index is 12.5. The van der Waals surface area contributed by atoms with Crippen LogP contribution in [0.15, 0.2) is 0 Å². The number of aliphatic hydroxyl groups is 1. The lowest BCUT2D eigenvalue weighted by Crippen LogP contribution is -2.41. The van der Waals surface area contributed by atoms with Crippen LogP contribution in [0.25, 0.3) is 0 Å². The molecule has 17 heavy (non-hydrogen) atoms. The molecule has 0 aromatic rings. The molecule has 0 radical (unpaired) electrons. The molecule has 0 saturated carbocycles. The normalized spacial score (nSPS) is 13.7. The molecule has 0 rings (SSSR count). The van der Waals surface area contributed by atoms with E-state index in [2.05, 4.69) is 0 Å². The predicted molar refractivity (Wildman–Crippen MR) is 62.1 cm³/mol. The Morgan fingerprint density at radius 2 is 1.53 bits per heavy atom. The van der Waals surface area contributed by atoms with Crippen LogP contribution in [0.1, 0.15) is 13.8 Å². The van der Waals surface area contributed by atoms with E-state index >= 15 is 0 Å². The summed E-state index contributed by atoms with van der Waals surface area (Å²) in [6.07, 6.45) is -7.31. The Labute approximate surface area is 106 Å². The molecule has 0 aliphatic carbocycles. The molecule has 0 heterocycles. The maximum Gasteiger partial charge on any atom is 0.282 e. The van der Waals surface area contributed by atoms with Crippen LogP contribution < -0.4 is 0 Å². The first kappa shape index (κ1) is 17.6. The summed E-state index contributed by atoms with van der Waals surface area (Å²) in [5, 5.41) is 9.22. The van der Waals surface area contributed by atoms with Gasteiger partial charge in [0.1, 0.15) is 0 Å². The van der Waals surface area contributed by atoms with E-state index in [-0.39, 0.29) is 24.6 Å². The van der Waals surface area contributed by atoms with Gasteiger partial charge >= 0.3 is 0 Å². The molecule has 0 aromatic carbocycles. The van der Waals surface area contributed by atoms with Crippen LogP contribution in [0, 0.1) is 0 Å². The van der Waals surface area contributed by atoms with Crippen molar-refractivity contribution in [2.75, 3.05) is 13.2 Å². The van der Waals surface area contributed by atoms with Gasteiger partial charge in [-0.15, -0.1) is 0 Å². The highest BCUT2D eigenvalue weighted by atomic mass is 32.9. The molecule has 0 fully saturated rings. The van der Waals surface area contributed by atoms with Crippen molar-refractivity contribution in [3.63, 3.8) is 0 Å². The minimum Gasteiger partial charge on any atom is -0.369 e. The van der Waals surface area contributed by atoms with Crippen molar-refractivity contribution in [3.05, 3.63) is 0 Å². The van der Waals surface area contributed by atoms with Crippen molar-refractivity contribution in [1.82, 2.24) is 0 Å². The first-order valence-electron chi connectivity index (χ1n) is 4.60. The first-order chi connectivity index (χ1) is 7.72. The highest BCUT2D eigenvalue weighted by Crippen LogP contribution is 2.66. The number of hydrogen-bond donors (Lipinski definition) is 1. The Balaban J connectivity index is 5.00. The summed E-state index contributed by atoms with van der Waals surface area (Å²) >= 11 is 4.59. The van der Waals surface area contributed by atoms with Crippen molar-refractivity contribution in [1.29, 1.82) is 0 Å². The second kappa shape index (κ2) is 7.25. The van der Waals surface area contributed by atoms with Gasteiger partial charge in [0, 0.05) is 0 Å². The third-order valence-electron chi connectivity index (χ3n) is 1.46. The van der Waals surface area contributed by atoms with Gasteiger partial charge in [-0.1, -0.05) is 0 Å². The third kappa shape index (κ3) is 5.00. The van der Waals surface area contributed by atoms with Gasteiger partial charge in [-0.3, -0.25) is 0 Å². The summed E-state index contributed by atoms with van der Waals surface area (Å²) in [6.45, 7) is 3.08. The van der Waals surface area contributed by atoms with Crippen molar-refractivity contribution in [2.24, 2.45) is 0 Å². The highest BCUT2D eigenvalue weighted by Gasteiger charge is 2.52. The molecule has 0 unspecified atom stereocenters. The Morgan fingerprint density at radius 1 is 1.18 bits per heavy atom. The van der Waals surface area contributed by atoms with Crippen LogP contribution in [-0.4, -0.2) is 36.1 Å². The highest BCUT2D eigenvalue weighted by molar-refractivity contribution is 8.68. The molecular weight excluding hydrogens is 303 g/mol. The maximum atomic E-state index is 12.5. The zero-order valence-corrected chi connectivity index (χ0v) is 11.6. The van der Waals surface area contributed by atoms with Gasteiger partial charge in [0.05, 0.1) is 13.2 Å². The Kier molecular flexibility index (Phi) is 7.51. The lowest BCUT2D eigenvalue weighted by molar-refractivity contribution is -0.115. The Hall–Kier alpha value is 0.600. The molecule has 0 spiro atoms. The van der Waals surface area contributed by atoms with Gasteiger partial charge in [-0.2, -0.15) is 0 Å². The molecule has 3 nitrogen and oxygen atoms in total. The van der Waals surface area contributed by atoms with Crippen LogP contribution in [-0.2, 0) is 20.9 Å². The summed E-state index contributed by atoms with van der Waals surface area (Å²) < 4.78 is 59.6. The first-order valence-corrected chi connectivity index (χ1v) is 8.66. The van der Waals surface area contributed by atoms with Crippen molar-refractivity contribution >= 4 is 28.9 Å². The van der Waals surface area contributed by atoms with Crippen LogP contribution in [0.2, 0.25) is 0 Å². The summed E-state index contributed by atoms with van der Waals surface area (Å²) in [5.74, 6) is 0. The molecule has 10 heteroatoms. The minimum absolute atomic E-state index is 0.0207. The zero-order chi connectivity index (χ0) is 13.7. The second-order valence-electron chi connectivity index (χ2n) is 2.73. The largest absolute Gasteiger partial charge is 0.369 e. The van der Waals surface area contributed by atoms with Gasteiger partial charge in [0.2, 0.25) is 4.93 Å². The lowest BCUT2D eigenvalue weighted by Gasteiger charge is -2.30. The topological polar surface area (TPSA) is 38.7 Å². The molecule has 0 bridgehead atoms. The fourth-order valence-electron chi connectivity index (χ4n) is 0.760. The van der Waals surface area contributed by atoms with Gasteiger partial charge in [0.15, 0.2) is 0 Å². The van der Waals surface area contributed by atoms with Gasteiger partial charge in [-0.05, 0) is 37.0 Å². The minimum atomic E-state index is -3.66. The predicted octanol–water partition coefficient (Wildman–Crippen LogP) is 3.24. The van der Waals surface area contributed by atoms with E-state index in [1.54, 1.807) is 0 Å². The molecule has 0 saturated heterocycles. The SMILES string of the molecule is CCOP(=S)(OCC)SC(O)(C(F)F)C(F)F. The molecule has 0 amide bonds. The summed E-state index contributed by atoms with van der Waals surface area (Å²) in [6, 6.07) is 0. The van der Waals surface area contributed by atoms with Crippen LogP contribution in [0.4, 0.5) is 17.6 Å². The molecule has 1 N–H and O–H groups in total. The summed E-state index contributed by atoms with van der Waals surface area (Å²) in [5.41, 5.74) is -3.41. The van der Waals surface area contributed by atoms with E-state index in [1.807, 2.05) is 0 Å². The van der Waals surface area contributed by atoms with Crippen LogP contribution >= 0.6 is 17.1 Å². The zero-order valence-electron chi connectivity index (χ0n) is 9.11. The van der Waals surface area contributed by atoms with Crippen molar-refractivity contribution in [2.45, 2.75) is 31.6 Å². The van der Waals surface area contributed by atoms with Crippen LogP contribution in [0.3, 0.4) is 0 Å². The molecule has 0 aliphatic heterocycles. The van der Waals surface area contributed by atoms with E-state index in [4.69, 9.17) is 20.9 Å². The summed E-state index contributed by atoms with van der Waals surface area (Å²) in [7, 11) is 0. The second-order valence-corrected chi connectivity index (χ2v) is 9.10. The Bertz CT molecular complexity index is 262. The van der Waals surface area contributed by atoms with E-state index < -0.39 is 23.5 Å². The number of halogens is 4. The van der Waals surface area contributed by atoms with E-state index in [0.717, 1.165) is 0 Å². The average molecular weight is 316 g/mol. The van der Waals surface area contributed by atoms with Crippen molar-refractivity contribution in [3.8, 4) is 0 Å². The monoisotopic (exact) mass is 316 g/mol. The molecule has 0 atom stereocenters. The van der Waals surface area contributed by atoms with Gasteiger partial charge < -0.3 is 14.2 Å². The average Bonchev–Trinajstić information content (AvgIpc) is 2.17. The molecule has 0 aliphatic rings. The third-order valence-corrected chi connectivity index (χ3v) is 6.96. The standard InChI is InChI=1S/C7H13F4O3PS2/c1-3-13-15(16,14-4-2)17-7(12,5(8)9)6(10)11/h5-6,12H,3-4H2,1-2H3. The van der Waals surface area contributed by atoms with Crippen molar-refractivity contribution < 1.29 is 31.7 Å². The number of hydrogen-bond acceptors (Lipinski definition) is 5. The van der Waals surface area contributed by atoms with E-state index in [1.165, 1.54) is 13.8 Å². The van der Waals surface area contributed by atoms with E-state index in [9.17, 15) is 22.7 Å². The van der Waals surface area contributed by atoms with E-state index in [0.29, 0.717) is 0 Å². The van der Waals surface area contributed by atoms with Gasteiger partial charge in [-0.25, -0.2) is 17.6 Å². The fraction of sp³-hybridized carbons (Fsp3) is 1.00. The fourth-order valence-corrected chi connectivity index (χ4v) is 6.30. The number of alkyl halides is 4. The molecular formula is C7H13F4O3PS2. The summed E-state index contributed by atoms with van der Waals surface area (Å²) in [4.78, 5) is -3.57. The molecule has 0 aromatic heterocycles. The number of rotatable bonds is 8. The Morgan fingerprint density at radius 3 is 1.76 bits per heavy atom. The molecule has 104 valence electrons. The van der Waals surface area contributed by atoms with Gasteiger partial charge in [0.25, 0.3) is 18.5 Å². The van der Waals surface area contributed by atoms with Crippen LogP contribution in [0.5, 0.6) is 0 Å².